The Balaban J connectivity index is 1.61. The van der Waals surface area contributed by atoms with Gasteiger partial charge in [-0.05, 0) is 49.8 Å². The van der Waals surface area contributed by atoms with Crippen LogP contribution in [0.15, 0.2) is 24.4 Å². The minimum Gasteiger partial charge on any atom is -0.493 e. The number of carbonyl (C=O) groups excluding carboxylic acids is 1. The maximum atomic E-state index is 11.2. The molecule has 2 aliphatic rings. The lowest BCUT2D eigenvalue weighted by atomic mass is 9.88. The largest absolute Gasteiger partial charge is 0.493 e. The Morgan fingerprint density at radius 2 is 2.08 bits per heavy atom. The predicted octanol–water partition coefficient (Wildman–Crippen LogP) is 2.75. The number of aromatic hydroxyl groups is 1. The number of carbonyl (C=O) groups is 1. The summed E-state index contributed by atoms with van der Waals surface area (Å²) in [7, 11) is 0. The number of aromatic nitrogens is 1. The normalized spacial score (nSPS) is 23.3. The summed E-state index contributed by atoms with van der Waals surface area (Å²) < 4.78 is 0. The van der Waals surface area contributed by atoms with Gasteiger partial charge in [0.15, 0.2) is 0 Å². The van der Waals surface area contributed by atoms with Crippen molar-refractivity contribution in [3.8, 4) is 5.88 Å². The van der Waals surface area contributed by atoms with E-state index in [0.717, 1.165) is 49.4 Å². The van der Waals surface area contributed by atoms with E-state index in [1.807, 2.05) is 18.3 Å². The van der Waals surface area contributed by atoms with Gasteiger partial charge >= 0.3 is 0 Å². The van der Waals surface area contributed by atoms with Crippen molar-refractivity contribution < 1.29 is 9.90 Å². The first-order valence-corrected chi connectivity index (χ1v) is 8.77. The van der Waals surface area contributed by atoms with Crippen LogP contribution in [0.5, 0.6) is 5.88 Å². The second-order valence-corrected chi connectivity index (χ2v) is 6.96. The molecule has 24 heavy (non-hydrogen) atoms. The number of rotatable bonds is 2. The van der Waals surface area contributed by atoms with E-state index in [1.54, 1.807) is 6.92 Å². The second-order valence-electron chi connectivity index (χ2n) is 6.96. The molecule has 4 rings (SSSR count). The van der Waals surface area contributed by atoms with E-state index in [4.69, 9.17) is 0 Å². The van der Waals surface area contributed by atoms with Crippen molar-refractivity contribution in [3.63, 3.8) is 0 Å². The van der Waals surface area contributed by atoms with Crippen molar-refractivity contribution in [1.82, 2.24) is 10.3 Å². The average molecular weight is 325 g/mol. The quantitative estimate of drug-likeness (QED) is 0.891. The van der Waals surface area contributed by atoms with Crippen LogP contribution >= 0.6 is 0 Å². The Hall–Kier alpha value is -2.30. The van der Waals surface area contributed by atoms with Crippen molar-refractivity contribution >= 4 is 22.4 Å². The van der Waals surface area contributed by atoms with Gasteiger partial charge in [0.1, 0.15) is 0 Å². The number of hydrogen-bond acceptors (Lipinski definition) is 4. The lowest BCUT2D eigenvalue weighted by Crippen LogP contribution is -2.45. The maximum absolute atomic E-state index is 11.2. The number of hydrogen-bond donors (Lipinski definition) is 2. The number of pyridine rings is 1. The van der Waals surface area contributed by atoms with Gasteiger partial charge in [-0.1, -0.05) is 6.07 Å². The minimum atomic E-state index is 0.0677. The van der Waals surface area contributed by atoms with Gasteiger partial charge in [0, 0.05) is 48.2 Å². The zero-order valence-corrected chi connectivity index (χ0v) is 14.0. The lowest BCUT2D eigenvalue weighted by Gasteiger charge is -2.41. The van der Waals surface area contributed by atoms with E-state index in [1.165, 1.54) is 11.3 Å². The molecule has 1 aromatic heterocycles. The standard InChI is InChI=1S/C19H23N3O2/c1-12(23)21-14-5-7-15(8-6-14)22-10-9-13-11-20-19(24)16-3-2-4-17(22)18(13)16/h2-4,11,14-15H,5-10H2,1H3,(H,20,24)(H,21,23). The van der Waals surface area contributed by atoms with Crippen LogP contribution in [-0.2, 0) is 11.2 Å². The molecule has 0 spiro atoms. The predicted molar refractivity (Wildman–Crippen MR) is 94.3 cm³/mol. The van der Waals surface area contributed by atoms with Gasteiger partial charge in [-0.15, -0.1) is 0 Å². The summed E-state index contributed by atoms with van der Waals surface area (Å²) in [5.74, 6) is 0.185. The van der Waals surface area contributed by atoms with Crippen LogP contribution in [0.1, 0.15) is 38.2 Å². The molecule has 0 saturated heterocycles. The van der Waals surface area contributed by atoms with E-state index in [9.17, 15) is 9.90 Å². The fraction of sp³-hybridized carbons (Fsp3) is 0.474. The molecule has 1 fully saturated rings. The van der Waals surface area contributed by atoms with Crippen LogP contribution in [0.3, 0.4) is 0 Å². The summed E-state index contributed by atoms with van der Waals surface area (Å²) in [6.07, 6.45) is 7.02. The highest BCUT2D eigenvalue weighted by molar-refractivity contribution is 6.00. The summed E-state index contributed by atoms with van der Waals surface area (Å²) in [6.45, 7) is 2.59. The molecule has 5 nitrogen and oxygen atoms in total. The Kier molecular flexibility index (Phi) is 3.79. The van der Waals surface area contributed by atoms with E-state index in [2.05, 4.69) is 21.3 Å². The molecule has 0 unspecified atom stereocenters. The molecule has 1 aromatic carbocycles. The Morgan fingerprint density at radius 3 is 2.83 bits per heavy atom. The highest BCUT2D eigenvalue weighted by Gasteiger charge is 2.30. The minimum absolute atomic E-state index is 0.0677. The third kappa shape index (κ3) is 2.58. The van der Waals surface area contributed by atoms with Crippen molar-refractivity contribution in [2.24, 2.45) is 0 Å². The fourth-order valence-corrected chi connectivity index (χ4v) is 4.33. The molecule has 1 aliphatic carbocycles. The van der Waals surface area contributed by atoms with Gasteiger partial charge in [-0.2, -0.15) is 0 Å². The summed E-state index contributed by atoms with van der Waals surface area (Å²) in [4.78, 5) is 17.9. The van der Waals surface area contributed by atoms with Gasteiger partial charge in [-0.25, -0.2) is 4.98 Å². The zero-order chi connectivity index (χ0) is 16.7. The van der Waals surface area contributed by atoms with E-state index < -0.39 is 0 Å². The Labute approximate surface area is 141 Å². The molecule has 1 aliphatic heterocycles. The van der Waals surface area contributed by atoms with Crippen LogP contribution < -0.4 is 10.2 Å². The van der Waals surface area contributed by atoms with E-state index in [-0.39, 0.29) is 11.8 Å². The summed E-state index contributed by atoms with van der Waals surface area (Å²) >= 11 is 0. The molecule has 0 atom stereocenters. The van der Waals surface area contributed by atoms with Crippen LogP contribution in [0.2, 0.25) is 0 Å². The smallest absolute Gasteiger partial charge is 0.218 e. The average Bonchev–Trinajstić information content (AvgIpc) is 2.58. The van der Waals surface area contributed by atoms with E-state index in [0.29, 0.717) is 12.1 Å². The molecule has 2 aromatic rings. The molecular weight excluding hydrogens is 302 g/mol. The summed E-state index contributed by atoms with van der Waals surface area (Å²) in [5.41, 5.74) is 2.44. The summed E-state index contributed by atoms with van der Waals surface area (Å²) in [6, 6.07) is 6.93. The number of amides is 1. The third-order valence-corrected chi connectivity index (χ3v) is 5.42. The first-order valence-electron chi connectivity index (χ1n) is 8.77. The second kappa shape index (κ2) is 5.96. The summed E-state index contributed by atoms with van der Waals surface area (Å²) in [5, 5.41) is 15.1. The van der Waals surface area contributed by atoms with Crippen LogP contribution in [0.4, 0.5) is 5.69 Å². The molecule has 2 heterocycles. The maximum Gasteiger partial charge on any atom is 0.218 e. The number of benzene rings is 1. The van der Waals surface area contributed by atoms with Gasteiger partial charge in [0.25, 0.3) is 0 Å². The molecule has 5 heteroatoms. The van der Waals surface area contributed by atoms with Crippen molar-refractivity contribution in [2.75, 3.05) is 11.4 Å². The molecule has 2 N–H and O–H groups in total. The van der Waals surface area contributed by atoms with Crippen LogP contribution in [0, 0.1) is 0 Å². The molecule has 0 radical (unpaired) electrons. The number of nitrogens with zero attached hydrogens (tertiary/aromatic N) is 2. The molecule has 1 amide bonds. The molecule has 1 saturated carbocycles. The molecule has 0 bridgehead atoms. The van der Waals surface area contributed by atoms with Gasteiger partial charge in [-0.3, -0.25) is 4.79 Å². The van der Waals surface area contributed by atoms with Gasteiger partial charge < -0.3 is 15.3 Å². The van der Waals surface area contributed by atoms with Crippen molar-refractivity contribution in [3.05, 3.63) is 30.0 Å². The SMILES string of the molecule is CC(=O)NC1CCC(N2CCc3cnc(O)c4cccc2c34)CC1. The molecule has 126 valence electrons. The first kappa shape index (κ1) is 15.2. The highest BCUT2D eigenvalue weighted by Crippen LogP contribution is 2.39. The van der Waals surface area contributed by atoms with Crippen LogP contribution in [-0.4, -0.2) is 34.6 Å². The third-order valence-electron chi connectivity index (χ3n) is 5.42. The first-order chi connectivity index (χ1) is 11.6. The fourth-order valence-electron chi connectivity index (χ4n) is 4.33. The zero-order valence-electron chi connectivity index (χ0n) is 14.0. The monoisotopic (exact) mass is 325 g/mol. The topological polar surface area (TPSA) is 65.5 Å². The number of nitrogens with one attached hydrogen (secondary N) is 1. The Morgan fingerprint density at radius 1 is 1.29 bits per heavy atom. The van der Waals surface area contributed by atoms with Gasteiger partial charge in [0.2, 0.25) is 11.8 Å². The van der Waals surface area contributed by atoms with Crippen LogP contribution in [0.25, 0.3) is 10.8 Å². The Bertz CT molecular complexity index is 782. The lowest BCUT2D eigenvalue weighted by molar-refractivity contribution is -0.119. The number of anilines is 1. The van der Waals surface area contributed by atoms with Crippen molar-refractivity contribution in [2.45, 2.75) is 51.1 Å². The highest BCUT2D eigenvalue weighted by atomic mass is 16.3. The van der Waals surface area contributed by atoms with Crippen molar-refractivity contribution in [1.29, 1.82) is 0 Å². The molecular formula is C19H23N3O2. The van der Waals surface area contributed by atoms with Gasteiger partial charge in [0.05, 0.1) is 0 Å². The van der Waals surface area contributed by atoms with E-state index >= 15 is 0 Å².